The quantitative estimate of drug-likeness (QED) is 0.362. The molecule has 3 fully saturated rings. The summed E-state index contributed by atoms with van der Waals surface area (Å²) in [4.78, 5) is 67.1. The molecule has 4 amide bonds. The summed E-state index contributed by atoms with van der Waals surface area (Å²) in [5.41, 5.74) is 7.18. The highest BCUT2D eigenvalue weighted by atomic mass is 16.5. The lowest BCUT2D eigenvalue weighted by Crippen LogP contribution is -2.59. The van der Waals surface area contributed by atoms with Gasteiger partial charge in [0.2, 0.25) is 17.6 Å². The Balaban J connectivity index is 1.38. The fraction of sp³-hybridized carbons (Fsp3) is 0.656. The van der Waals surface area contributed by atoms with Gasteiger partial charge in [0.1, 0.15) is 12.1 Å². The molecule has 3 aliphatic carbocycles. The normalized spacial score (nSPS) is 25.5. The standard InChI is InChI=1S/C32H44N4O6/c1-31(2,3)16-42-30(41)35-24(20-13-18-8-6-7-9-19(18)14-20)29(40)36-15-21-23(32(21,4)5)25(36)28(39)34-22(12-17-10-11-17)26(37)27(33)38/h6-9,17,20-25H,10-16H2,1-5H3,(H2,33,38)(H,34,39)(H,35,41)/t21-,22?,23-,24+,25+/m1/s1. The summed E-state index contributed by atoms with van der Waals surface area (Å²) in [7, 11) is 0. The maximum absolute atomic E-state index is 14.4. The molecule has 2 saturated carbocycles. The first-order chi connectivity index (χ1) is 19.7. The van der Waals surface area contributed by atoms with Crippen LogP contribution in [0, 0.1) is 34.5 Å². The number of likely N-dealkylation sites (tertiary alicyclic amines) is 1. The molecule has 1 unspecified atom stereocenters. The third kappa shape index (κ3) is 6.17. The number of carbonyl (C=O) groups excluding carboxylic acids is 5. The fourth-order valence-corrected chi connectivity index (χ4v) is 7.00. The molecule has 0 bridgehead atoms. The molecule has 0 radical (unpaired) electrons. The number of fused-ring (bicyclic) bond motifs is 2. The number of amides is 4. The number of ketones is 1. The van der Waals surface area contributed by atoms with E-state index >= 15 is 0 Å². The summed E-state index contributed by atoms with van der Waals surface area (Å²) in [5, 5.41) is 5.66. The number of nitrogens with zero attached hydrogens (tertiary/aromatic N) is 1. The van der Waals surface area contributed by atoms with Crippen molar-refractivity contribution in [2.75, 3.05) is 13.2 Å². The number of benzene rings is 1. The van der Waals surface area contributed by atoms with Gasteiger partial charge >= 0.3 is 6.09 Å². The molecule has 5 atom stereocenters. The van der Waals surface area contributed by atoms with E-state index < -0.39 is 41.8 Å². The van der Waals surface area contributed by atoms with Gasteiger partial charge in [0, 0.05) is 6.54 Å². The predicted octanol–water partition coefficient (Wildman–Crippen LogP) is 2.36. The summed E-state index contributed by atoms with van der Waals surface area (Å²) in [6, 6.07) is 5.28. The molecule has 4 N–H and O–H groups in total. The highest BCUT2D eigenvalue weighted by Crippen LogP contribution is 2.65. The van der Waals surface area contributed by atoms with Crippen LogP contribution in [0.5, 0.6) is 0 Å². The molecule has 1 aromatic carbocycles. The number of ether oxygens (including phenoxy) is 1. The number of alkyl carbamates (subject to hydrolysis) is 1. The molecule has 4 aliphatic rings. The first-order valence-corrected chi connectivity index (χ1v) is 15.1. The average molecular weight is 581 g/mol. The van der Waals surface area contributed by atoms with Crippen molar-refractivity contribution in [3.8, 4) is 0 Å². The number of primary amides is 1. The van der Waals surface area contributed by atoms with Crippen LogP contribution < -0.4 is 16.4 Å². The largest absolute Gasteiger partial charge is 0.449 e. The van der Waals surface area contributed by atoms with E-state index in [1.807, 2.05) is 45.0 Å². The number of hydrogen-bond donors (Lipinski definition) is 3. The molecule has 1 saturated heterocycles. The van der Waals surface area contributed by atoms with Crippen LogP contribution in [0.25, 0.3) is 0 Å². The van der Waals surface area contributed by atoms with Crippen LogP contribution in [0.4, 0.5) is 4.79 Å². The predicted molar refractivity (Wildman–Crippen MR) is 155 cm³/mol. The zero-order chi connectivity index (χ0) is 30.6. The lowest BCUT2D eigenvalue weighted by molar-refractivity contribution is -0.144. The van der Waals surface area contributed by atoms with E-state index in [0.717, 1.165) is 24.0 Å². The Labute approximate surface area is 247 Å². The Hall–Kier alpha value is -3.43. The molecule has 1 aliphatic heterocycles. The Morgan fingerprint density at radius 2 is 1.67 bits per heavy atom. The lowest BCUT2D eigenvalue weighted by Gasteiger charge is -2.35. The first kappa shape index (κ1) is 30.0. The van der Waals surface area contributed by atoms with Crippen LogP contribution in [-0.2, 0) is 36.8 Å². The van der Waals surface area contributed by atoms with Gasteiger partial charge in [-0.1, -0.05) is 71.7 Å². The number of nitrogens with two attached hydrogens (primary N) is 1. The molecular weight excluding hydrogens is 536 g/mol. The number of nitrogens with one attached hydrogen (secondary N) is 2. The SMILES string of the molecule is CC(C)(C)COC(=O)N[C@H](C(=O)N1C[C@@H]2[C@H]([C@H]1C(=O)NC(CC1CC1)C(=O)C(N)=O)C2(C)C)C1Cc2ccccc2C1. The number of carbonyl (C=O) groups is 5. The maximum Gasteiger partial charge on any atom is 0.407 e. The first-order valence-electron chi connectivity index (χ1n) is 15.1. The molecule has 0 aromatic heterocycles. The van der Waals surface area contributed by atoms with E-state index in [4.69, 9.17) is 10.5 Å². The highest BCUT2D eigenvalue weighted by molar-refractivity contribution is 6.37. The minimum atomic E-state index is -1.08. The Kier molecular flexibility index (Phi) is 7.87. The van der Waals surface area contributed by atoms with Crippen LogP contribution in [0.15, 0.2) is 24.3 Å². The van der Waals surface area contributed by atoms with Gasteiger partial charge in [-0.05, 0) is 64.9 Å². The summed E-state index contributed by atoms with van der Waals surface area (Å²) in [5.74, 6) is -2.60. The van der Waals surface area contributed by atoms with Crippen molar-refractivity contribution in [2.45, 2.75) is 84.8 Å². The molecule has 10 nitrogen and oxygen atoms in total. The number of rotatable bonds is 10. The lowest BCUT2D eigenvalue weighted by atomic mass is 9.93. The molecule has 228 valence electrons. The van der Waals surface area contributed by atoms with Crippen molar-refractivity contribution >= 4 is 29.6 Å². The minimum absolute atomic E-state index is 0.0963. The van der Waals surface area contributed by atoms with Crippen LogP contribution >= 0.6 is 0 Å². The molecule has 10 heteroatoms. The zero-order valence-corrected chi connectivity index (χ0v) is 25.3. The van der Waals surface area contributed by atoms with Gasteiger partial charge in [0.25, 0.3) is 5.91 Å². The van der Waals surface area contributed by atoms with Gasteiger partial charge in [-0.2, -0.15) is 0 Å². The highest BCUT2D eigenvalue weighted by Gasteiger charge is 2.69. The summed E-state index contributed by atoms with van der Waals surface area (Å²) in [6.07, 6.45) is 2.80. The average Bonchev–Trinajstić information content (AvgIpc) is 3.67. The Morgan fingerprint density at radius 3 is 2.21 bits per heavy atom. The molecular formula is C32H44N4O6. The van der Waals surface area contributed by atoms with Crippen molar-refractivity contribution < 1.29 is 28.7 Å². The van der Waals surface area contributed by atoms with Crippen LogP contribution in [0.1, 0.15) is 65.0 Å². The number of Topliss-reactive ketones (excluding diaryl/α,β-unsaturated/α-hetero) is 1. The van der Waals surface area contributed by atoms with Crippen molar-refractivity contribution in [2.24, 2.45) is 40.2 Å². The van der Waals surface area contributed by atoms with Crippen LogP contribution in [-0.4, -0.2) is 65.8 Å². The van der Waals surface area contributed by atoms with Gasteiger partial charge in [-0.15, -0.1) is 0 Å². The smallest absolute Gasteiger partial charge is 0.407 e. The second-order valence-corrected chi connectivity index (χ2v) is 14.6. The monoisotopic (exact) mass is 580 g/mol. The van der Waals surface area contributed by atoms with Crippen LogP contribution in [0.3, 0.4) is 0 Å². The minimum Gasteiger partial charge on any atom is -0.449 e. The number of piperidine rings is 1. The Morgan fingerprint density at radius 1 is 1.05 bits per heavy atom. The van der Waals surface area contributed by atoms with Crippen LogP contribution in [0.2, 0.25) is 0 Å². The second-order valence-electron chi connectivity index (χ2n) is 14.6. The van der Waals surface area contributed by atoms with E-state index in [2.05, 4.69) is 24.5 Å². The van der Waals surface area contributed by atoms with E-state index in [-0.39, 0.29) is 47.0 Å². The molecule has 1 heterocycles. The summed E-state index contributed by atoms with van der Waals surface area (Å²) >= 11 is 0. The summed E-state index contributed by atoms with van der Waals surface area (Å²) in [6.45, 7) is 10.6. The van der Waals surface area contributed by atoms with Gasteiger partial charge < -0.3 is 26.0 Å². The number of hydrogen-bond acceptors (Lipinski definition) is 6. The molecule has 1 aromatic rings. The fourth-order valence-electron chi connectivity index (χ4n) is 7.00. The van der Waals surface area contributed by atoms with E-state index in [9.17, 15) is 24.0 Å². The molecule has 0 spiro atoms. The molecule has 42 heavy (non-hydrogen) atoms. The second kappa shape index (κ2) is 11.0. The molecule has 5 rings (SSSR count). The Bertz CT molecular complexity index is 1260. The third-order valence-corrected chi connectivity index (χ3v) is 9.63. The third-order valence-electron chi connectivity index (χ3n) is 9.63. The summed E-state index contributed by atoms with van der Waals surface area (Å²) < 4.78 is 5.49. The van der Waals surface area contributed by atoms with E-state index in [0.29, 0.717) is 25.8 Å². The van der Waals surface area contributed by atoms with E-state index in [1.54, 1.807) is 4.90 Å². The van der Waals surface area contributed by atoms with Crippen molar-refractivity contribution in [1.82, 2.24) is 15.5 Å². The van der Waals surface area contributed by atoms with Crippen molar-refractivity contribution in [3.05, 3.63) is 35.4 Å². The van der Waals surface area contributed by atoms with Gasteiger partial charge in [-0.25, -0.2) is 4.79 Å². The van der Waals surface area contributed by atoms with Gasteiger partial charge in [0.15, 0.2) is 0 Å². The van der Waals surface area contributed by atoms with Crippen molar-refractivity contribution in [1.29, 1.82) is 0 Å². The van der Waals surface area contributed by atoms with Gasteiger partial charge in [0.05, 0.1) is 12.6 Å². The maximum atomic E-state index is 14.4. The van der Waals surface area contributed by atoms with Crippen molar-refractivity contribution in [3.63, 3.8) is 0 Å². The van der Waals surface area contributed by atoms with Gasteiger partial charge in [-0.3, -0.25) is 19.2 Å². The van der Waals surface area contributed by atoms with E-state index in [1.165, 1.54) is 0 Å². The zero-order valence-electron chi connectivity index (χ0n) is 25.3. The topological polar surface area (TPSA) is 148 Å².